The van der Waals surface area contributed by atoms with Crippen molar-refractivity contribution in [1.82, 2.24) is 9.80 Å². The fourth-order valence-corrected chi connectivity index (χ4v) is 4.51. The summed E-state index contributed by atoms with van der Waals surface area (Å²) in [7, 11) is 2.80. The molecule has 4 rings (SSSR count). The zero-order chi connectivity index (χ0) is 23.8. The molecule has 178 valence electrons. The Balaban J connectivity index is 1.94. The number of ether oxygens (including phenoxy) is 5. The molecule has 3 aliphatic heterocycles. The van der Waals surface area contributed by atoms with Gasteiger partial charge in [-0.1, -0.05) is 12.1 Å². The highest BCUT2D eigenvalue weighted by atomic mass is 16.6. The van der Waals surface area contributed by atoms with Gasteiger partial charge in [0.1, 0.15) is 17.9 Å². The van der Waals surface area contributed by atoms with Gasteiger partial charge < -0.3 is 28.6 Å². The number of amides is 2. The van der Waals surface area contributed by atoms with E-state index >= 15 is 0 Å². The van der Waals surface area contributed by atoms with Gasteiger partial charge in [0.25, 0.3) is 5.91 Å². The Bertz CT molecular complexity index is 980. The van der Waals surface area contributed by atoms with Crippen molar-refractivity contribution in [3.8, 4) is 5.75 Å². The first-order valence-electron chi connectivity index (χ1n) is 10.7. The van der Waals surface area contributed by atoms with E-state index in [1.54, 1.807) is 45.2 Å². The molecule has 1 spiro atoms. The minimum absolute atomic E-state index is 0.0960. The molecule has 0 aromatic heterocycles. The number of fused-ring (bicyclic) bond motifs is 2. The molecule has 0 radical (unpaired) electrons. The van der Waals surface area contributed by atoms with Crippen LogP contribution < -0.4 is 4.74 Å². The van der Waals surface area contributed by atoms with Gasteiger partial charge in [-0.05, 0) is 37.6 Å². The summed E-state index contributed by atoms with van der Waals surface area (Å²) < 4.78 is 27.3. The SMILES string of the molecule is COC(=O)CN1C(=O)C2(COCCOC2)N2C(=O)OC(C)(C)C=C2C1c1cccc(OC)c1. The summed E-state index contributed by atoms with van der Waals surface area (Å²) in [6.45, 7) is 3.55. The molecule has 2 amide bonds. The number of carbonyl (C=O) groups is 3. The summed E-state index contributed by atoms with van der Waals surface area (Å²) >= 11 is 0. The van der Waals surface area contributed by atoms with E-state index in [0.717, 1.165) is 0 Å². The van der Waals surface area contributed by atoms with Crippen LogP contribution in [-0.4, -0.2) is 86.1 Å². The number of carbonyl (C=O) groups excluding carboxylic acids is 3. The van der Waals surface area contributed by atoms with Gasteiger partial charge in [0.2, 0.25) is 0 Å². The molecule has 1 atom stereocenters. The van der Waals surface area contributed by atoms with Crippen LogP contribution in [0.2, 0.25) is 0 Å². The summed E-state index contributed by atoms with van der Waals surface area (Å²) in [4.78, 5) is 42.5. The number of hydrogen-bond donors (Lipinski definition) is 0. The van der Waals surface area contributed by atoms with Crippen LogP contribution in [0.3, 0.4) is 0 Å². The predicted octanol–water partition coefficient (Wildman–Crippen LogP) is 1.65. The van der Waals surface area contributed by atoms with Crippen molar-refractivity contribution in [3.63, 3.8) is 0 Å². The summed E-state index contributed by atoms with van der Waals surface area (Å²) in [6.07, 6.45) is 1.12. The fourth-order valence-electron chi connectivity index (χ4n) is 4.51. The average Bonchev–Trinajstić information content (AvgIpc) is 3.03. The Morgan fingerprint density at radius 2 is 1.85 bits per heavy atom. The van der Waals surface area contributed by atoms with Gasteiger partial charge in [0, 0.05) is 0 Å². The van der Waals surface area contributed by atoms with E-state index in [9.17, 15) is 14.4 Å². The number of esters is 1. The van der Waals surface area contributed by atoms with Gasteiger partial charge in [-0.3, -0.25) is 14.5 Å². The predicted molar refractivity (Wildman–Crippen MR) is 114 cm³/mol. The molecule has 3 heterocycles. The molecular formula is C23H28N2O8. The zero-order valence-electron chi connectivity index (χ0n) is 19.2. The third kappa shape index (κ3) is 4.04. The number of rotatable bonds is 4. The first-order chi connectivity index (χ1) is 15.7. The van der Waals surface area contributed by atoms with Crippen molar-refractivity contribution >= 4 is 18.0 Å². The van der Waals surface area contributed by atoms with E-state index in [2.05, 4.69) is 0 Å². The van der Waals surface area contributed by atoms with Crippen LogP contribution in [0.5, 0.6) is 5.75 Å². The van der Waals surface area contributed by atoms with Gasteiger partial charge in [0.05, 0.1) is 52.4 Å². The lowest BCUT2D eigenvalue weighted by Crippen LogP contribution is -2.72. The summed E-state index contributed by atoms with van der Waals surface area (Å²) in [5.74, 6) is -0.505. The standard InChI is InChI=1S/C23H28N2O8/c1-22(2)11-17-19(15-6-5-7-16(10-15)29-3)24(12-18(26)30-4)20(27)23(25(17)21(28)33-22)13-31-8-9-32-14-23/h5-7,10-11,19H,8-9,12-14H2,1-4H3. The third-order valence-electron chi connectivity index (χ3n) is 5.96. The Labute approximate surface area is 192 Å². The summed E-state index contributed by atoms with van der Waals surface area (Å²) in [6, 6.07) is 6.38. The quantitative estimate of drug-likeness (QED) is 0.625. The molecule has 0 N–H and O–H groups in total. The molecule has 0 saturated carbocycles. The number of piperazine rings is 1. The van der Waals surface area contributed by atoms with E-state index in [1.807, 2.05) is 6.07 Å². The number of methoxy groups -OCH3 is 2. The van der Waals surface area contributed by atoms with Crippen molar-refractivity contribution < 1.29 is 38.1 Å². The lowest BCUT2D eigenvalue weighted by Gasteiger charge is -2.54. The third-order valence-corrected chi connectivity index (χ3v) is 5.96. The minimum Gasteiger partial charge on any atom is -0.497 e. The van der Waals surface area contributed by atoms with Crippen molar-refractivity contribution in [2.75, 3.05) is 47.2 Å². The monoisotopic (exact) mass is 460 g/mol. The first kappa shape index (κ1) is 23.1. The first-order valence-corrected chi connectivity index (χ1v) is 10.7. The van der Waals surface area contributed by atoms with Crippen molar-refractivity contribution in [2.45, 2.75) is 31.0 Å². The van der Waals surface area contributed by atoms with E-state index in [-0.39, 0.29) is 33.0 Å². The second-order valence-corrected chi connectivity index (χ2v) is 8.70. The van der Waals surface area contributed by atoms with Gasteiger partial charge in [-0.25, -0.2) is 4.79 Å². The maximum atomic E-state index is 14.1. The smallest absolute Gasteiger partial charge is 0.416 e. The Morgan fingerprint density at radius 3 is 2.48 bits per heavy atom. The largest absolute Gasteiger partial charge is 0.497 e. The van der Waals surface area contributed by atoms with Gasteiger partial charge in [-0.2, -0.15) is 0 Å². The number of nitrogens with zero attached hydrogens (tertiary/aromatic N) is 2. The molecule has 3 aliphatic rings. The number of benzene rings is 1. The van der Waals surface area contributed by atoms with Gasteiger partial charge in [0.15, 0.2) is 5.54 Å². The summed E-state index contributed by atoms with van der Waals surface area (Å²) in [5.41, 5.74) is -1.29. The van der Waals surface area contributed by atoms with Gasteiger partial charge in [-0.15, -0.1) is 0 Å². The van der Waals surface area contributed by atoms with Crippen LogP contribution in [0.25, 0.3) is 0 Å². The molecule has 2 saturated heterocycles. The average molecular weight is 460 g/mol. The molecule has 10 heteroatoms. The van der Waals surface area contributed by atoms with Crippen molar-refractivity contribution in [3.05, 3.63) is 41.6 Å². The summed E-state index contributed by atoms with van der Waals surface area (Å²) in [5, 5.41) is 0. The lowest BCUT2D eigenvalue weighted by molar-refractivity contribution is -0.165. The van der Waals surface area contributed by atoms with E-state index in [1.165, 1.54) is 16.9 Å². The topological polar surface area (TPSA) is 104 Å². The normalized spacial score (nSPS) is 23.9. The highest BCUT2D eigenvalue weighted by Crippen LogP contribution is 2.46. The highest BCUT2D eigenvalue weighted by Gasteiger charge is 2.61. The Morgan fingerprint density at radius 1 is 1.15 bits per heavy atom. The molecule has 2 fully saturated rings. The fraction of sp³-hybridized carbons (Fsp3) is 0.522. The van der Waals surface area contributed by atoms with Crippen molar-refractivity contribution in [2.24, 2.45) is 0 Å². The van der Waals surface area contributed by atoms with Crippen LogP contribution >= 0.6 is 0 Å². The molecule has 1 unspecified atom stereocenters. The molecule has 1 aromatic rings. The van der Waals surface area contributed by atoms with Crippen molar-refractivity contribution in [1.29, 1.82) is 0 Å². The van der Waals surface area contributed by atoms with E-state index < -0.39 is 35.2 Å². The Kier molecular flexibility index (Phi) is 6.06. The maximum Gasteiger partial charge on any atom is 0.416 e. The zero-order valence-corrected chi connectivity index (χ0v) is 19.2. The maximum absolute atomic E-state index is 14.1. The van der Waals surface area contributed by atoms with Crippen LogP contribution in [0.15, 0.2) is 36.0 Å². The molecule has 0 aliphatic carbocycles. The van der Waals surface area contributed by atoms with Crippen LogP contribution in [0, 0.1) is 0 Å². The van der Waals surface area contributed by atoms with Crippen LogP contribution in [0.1, 0.15) is 25.5 Å². The molecular weight excluding hydrogens is 432 g/mol. The number of cyclic esters (lactones) is 1. The lowest BCUT2D eigenvalue weighted by atomic mass is 9.84. The Hall–Kier alpha value is -3.11. The van der Waals surface area contributed by atoms with E-state index in [4.69, 9.17) is 23.7 Å². The number of hydrogen-bond acceptors (Lipinski definition) is 8. The van der Waals surface area contributed by atoms with Crippen LogP contribution in [0.4, 0.5) is 4.79 Å². The van der Waals surface area contributed by atoms with Crippen LogP contribution in [-0.2, 0) is 28.5 Å². The molecule has 33 heavy (non-hydrogen) atoms. The molecule has 1 aromatic carbocycles. The molecule has 10 nitrogen and oxygen atoms in total. The minimum atomic E-state index is -1.51. The second kappa shape index (κ2) is 8.68. The second-order valence-electron chi connectivity index (χ2n) is 8.70. The van der Waals surface area contributed by atoms with E-state index in [0.29, 0.717) is 17.0 Å². The van der Waals surface area contributed by atoms with Gasteiger partial charge >= 0.3 is 12.1 Å². The molecule has 0 bridgehead atoms. The highest BCUT2D eigenvalue weighted by molar-refractivity contribution is 5.96.